The highest BCUT2D eigenvalue weighted by Crippen LogP contribution is 2.37. The number of sulfonamides is 1. The second-order valence-corrected chi connectivity index (χ2v) is 10.1. The molecule has 0 spiro atoms. The van der Waals surface area contributed by atoms with E-state index in [4.69, 9.17) is 5.73 Å². The van der Waals surface area contributed by atoms with Gasteiger partial charge in [-0.1, -0.05) is 30.3 Å². The van der Waals surface area contributed by atoms with Gasteiger partial charge in [-0.25, -0.2) is 12.7 Å². The van der Waals surface area contributed by atoms with Gasteiger partial charge < -0.3 is 11.1 Å². The molecule has 1 aromatic carbocycles. The van der Waals surface area contributed by atoms with Crippen molar-refractivity contribution in [3.63, 3.8) is 0 Å². The van der Waals surface area contributed by atoms with Crippen LogP contribution in [0.3, 0.4) is 0 Å². The number of piperidine rings is 1. The quantitative estimate of drug-likeness (QED) is 0.797. The zero-order chi connectivity index (χ0) is 19.5. The first kappa shape index (κ1) is 20.3. The molecule has 3 N–H and O–H groups in total. The van der Waals surface area contributed by atoms with E-state index in [9.17, 15) is 13.2 Å². The monoisotopic (exact) mass is 393 g/mol. The number of hydrogen-bond donors (Lipinski definition) is 2. The standard InChI is InChI=1S/C20H31N3O3S/c1-2-27(25,26)23-14-12-20(13-15-23,16-6-4-3-5-7-16)19(24)22-18-10-8-17(21)9-11-18/h3-7,17-18H,2,8-15,21H2,1H3,(H,22,24). The summed E-state index contributed by atoms with van der Waals surface area (Å²) in [6, 6.07) is 10.2. The Morgan fingerprint density at radius 3 is 2.30 bits per heavy atom. The molecule has 0 bridgehead atoms. The van der Waals surface area contributed by atoms with Crippen LogP contribution in [-0.4, -0.2) is 49.6 Å². The SMILES string of the molecule is CCS(=O)(=O)N1CCC(C(=O)NC2CCC(N)CC2)(c2ccccc2)CC1. The van der Waals surface area contributed by atoms with Crippen molar-refractivity contribution >= 4 is 15.9 Å². The van der Waals surface area contributed by atoms with Crippen LogP contribution >= 0.6 is 0 Å². The van der Waals surface area contributed by atoms with Gasteiger partial charge in [0.1, 0.15) is 0 Å². The fourth-order valence-corrected chi connectivity index (χ4v) is 5.42. The van der Waals surface area contributed by atoms with Crippen LogP contribution in [0.2, 0.25) is 0 Å². The molecule has 150 valence electrons. The van der Waals surface area contributed by atoms with E-state index in [1.54, 1.807) is 6.92 Å². The molecule has 1 saturated heterocycles. The average molecular weight is 394 g/mol. The van der Waals surface area contributed by atoms with Gasteiger partial charge in [-0.15, -0.1) is 0 Å². The van der Waals surface area contributed by atoms with E-state index in [1.807, 2.05) is 30.3 Å². The molecule has 1 saturated carbocycles. The molecule has 0 radical (unpaired) electrons. The highest BCUT2D eigenvalue weighted by Gasteiger charge is 2.45. The molecule has 0 unspecified atom stereocenters. The van der Waals surface area contributed by atoms with E-state index in [-0.39, 0.29) is 23.7 Å². The van der Waals surface area contributed by atoms with Gasteiger partial charge in [-0.3, -0.25) is 4.79 Å². The van der Waals surface area contributed by atoms with Crippen LogP contribution in [0.25, 0.3) is 0 Å². The fraction of sp³-hybridized carbons (Fsp3) is 0.650. The normalized spacial score (nSPS) is 26.4. The van der Waals surface area contributed by atoms with Gasteiger partial charge in [-0.05, 0) is 51.0 Å². The lowest BCUT2D eigenvalue weighted by atomic mass is 9.72. The van der Waals surface area contributed by atoms with Crippen LogP contribution in [0.5, 0.6) is 0 Å². The predicted molar refractivity (Wildman–Crippen MR) is 107 cm³/mol. The Morgan fingerprint density at radius 1 is 1.15 bits per heavy atom. The first-order valence-electron chi connectivity index (χ1n) is 9.97. The highest BCUT2D eigenvalue weighted by atomic mass is 32.2. The summed E-state index contributed by atoms with van der Waals surface area (Å²) in [5.74, 6) is 0.127. The summed E-state index contributed by atoms with van der Waals surface area (Å²) in [5, 5.41) is 3.25. The maximum absolute atomic E-state index is 13.4. The van der Waals surface area contributed by atoms with Crippen LogP contribution < -0.4 is 11.1 Å². The van der Waals surface area contributed by atoms with Crippen molar-refractivity contribution in [1.29, 1.82) is 0 Å². The molecule has 0 aromatic heterocycles. The highest BCUT2D eigenvalue weighted by molar-refractivity contribution is 7.89. The molecule has 3 rings (SSSR count). The lowest BCUT2D eigenvalue weighted by Gasteiger charge is -2.41. The van der Waals surface area contributed by atoms with Gasteiger partial charge in [0.15, 0.2) is 0 Å². The molecule has 7 heteroatoms. The van der Waals surface area contributed by atoms with Crippen molar-refractivity contribution in [3.8, 4) is 0 Å². The number of carbonyl (C=O) groups is 1. The third kappa shape index (κ3) is 4.36. The molecule has 1 heterocycles. The largest absolute Gasteiger partial charge is 0.353 e. The number of amides is 1. The van der Waals surface area contributed by atoms with Gasteiger partial charge in [0.2, 0.25) is 15.9 Å². The summed E-state index contributed by atoms with van der Waals surface area (Å²) < 4.78 is 26.0. The van der Waals surface area contributed by atoms with E-state index in [0.717, 1.165) is 31.2 Å². The van der Waals surface area contributed by atoms with E-state index in [1.165, 1.54) is 4.31 Å². The maximum Gasteiger partial charge on any atom is 0.230 e. The number of nitrogens with zero attached hydrogens (tertiary/aromatic N) is 1. The number of benzene rings is 1. The minimum absolute atomic E-state index is 0.0303. The molecule has 1 aliphatic carbocycles. The van der Waals surface area contributed by atoms with E-state index >= 15 is 0 Å². The first-order valence-corrected chi connectivity index (χ1v) is 11.6. The zero-order valence-electron chi connectivity index (χ0n) is 16.1. The van der Waals surface area contributed by atoms with Crippen LogP contribution in [0, 0.1) is 0 Å². The Bertz CT molecular complexity index is 735. The lowest BCUT2D eigenvalue weighted by molar-refractivity contribution is -0.129. The van der Waals surface area contributed by atoms with Crippen molar-refractivity contribution in [2.75, 3.05) is 18.8 Å². The van der Waals surface area contributed by atoms with Crippen molar-refractivity contribution < 1.29 is 13.2 Å². The van der Waals surface area contributed by atoms with E-state index in [0.29, 0.717) is 25.9 Å². The number of carbonyl (C=O) groups excluding carboxylic acids is 1. The van der Waals surface area contributed by atoms with Crippen LogP contribution in [0.1, 0.15) is 51.0 Å². The van der Waals surface area contributed by atoms with Gasteiger partial charge >= 0.3 is 0 Å². The second-order valence-electron chi connectivity index (χ2n) is 7.83. The van der Waals surface area contributed by atoms with Gasteiger partial charge in [0, 0.05) is 25.2 Å². The number of rotatable bonds is 5. The lowest BCUT2D eigenvalue weighted by Crippen LogP contribution is -2.55. The molecule has 1 aliphatic heterocycles. The van der Waals surface area contributed by atoms with E-state index < -0.39 is 15.4 Å². The smallest absolute Gasteiger partial charge is 0.230 e. The zero-order valence-corrected chi connectivity index (χ0v) is 16.9. The van der Waals surface area contributed by atoms with Crippen molar-refractivity contribution in [2.24, 2.45) is 5.73 Å². The Labute approximate surface area is 162 Å². The molecule has 6 nitrogen and oxygen atoms in total. The Morgan fingerprint density at radius 2 is 1.74 bits per heavy atom. The molecular weight excluding hydrogens is 362 g/mol. The van der Waals surface area contributed by atoms with Crippen LogP contribution in [-0.2, 0) is 20.2 Å². The molecule has 1 aromatic rings. The summed E-state index contributed by atoms with van der Waals surface area (Å²) in [4.78, 5) is 13.4. The molecule has 1 amide bonds. The minimum Gasteiger partial charge on any atom is -0.353 e. The molecule has 0 atom stereocenters. The van der Waals surface area contributed by atoms with Crippen LogP contribution in [0.4, 0.5) is 0 Å². The van der Waals surface area contributed by atoms with Gasteiger partial charge in [0.05, 0.1) is 11.2 Å². The van der Waals surface area contributed by atoms with Crippen molar-refractivity contribution in [3.05, 3.63) is 35.9 Å². The minimum atomic E-state index is -3.22. The molecule has 2 aliphatic rings. The third-order valence-electron chi connectivity index (χ3n) is 6.20. The maximum atomic E-state index is 13.4. The topological polar surface area (TPSA) is 92.5 Å². The molecular formula is C20H31N3O3S. The number of nitrogens with one attached hydrogen (secondary N) is 1. The van der Waals surface area contributed by atoms with Gasteiger partial charge in [-0.2, -0.15) is 0 Å². The number of nitrogens with two attached hydrogens (primary N) is 1. The third-order valence-corrected chi connectivity index (χ3v) is 8.08. The average Bonchev–Trinajstić information content (AvgIpc) is 2.70. The second kappa shape index (κ2) is 8.29. The Hall–Kier alpha value is -1.44. The Balaban J connectivity index is 1.79. The molecule has 2 fully saturated rings. The Kier molecular flexibility index (Phi) is 6.23. The summed E-state index contributed by atoms with van der Waals surface area (Å²) >= 11 is 0. The van der Waals surface area contributed by atoms with Gasteiger partial charge in [0.25, 0.3) is 0 Å². The van der Waals surface area contributed by atoms with Crippen molar-refractivity contribution in [2.45, 2.75) is 62.9 Å². The summed E-state index contributed by atoms with van der Waals surface area (Å²) in [6.07, 6.45) is 4.71. The first-order chi connectivity index (χ1) is 12.9. The van der Waals surface area contributed by atoms with Crippen LogP contribution in [0.15, 0.2) is 30.3 Å². The summed E-state index contributed by atoms with van der Waals surface area (Å²) in [7, 11) is -3.22. The summed E-state index contributed by atoms with van der Waals surface area (Å²) in [6.45, 7) is 2.43. The predicted octanol–water partition coefficient (Wildman–Crippen LogP) is 1.76. The number of hydrogen-bond acceptors (Lipinski definition) is 4. The summed E-state index contributed by atoms with van der Waals surface area (Å²) in [5.41, 5.74) is 6.29. The van der Waals surface area contributed by atoms with E-state index in [2.05, 4.69) is 5.32 Å². The molecule has 27 heavy (non-hydrogen) atoms. The fourth-order valence-electron chi connectivity index (χ4n) is 4.32. The van der Waals surface area contributed by atoms with Crippen molar-refractivity contribution in [1.82, 2.24) is 9.62 Å².